The fourth-order valence-electron chi connectivity index (χ4n) is 3.22. The minimum absolute atomic E-state index is 0.241. The van der Waals surface area contributed by atoms with Gasteiger partial charge in [0.25, 0.3) is 0 Å². The number of aromatic nitrogens is 1. The summed E-state index contributed by atoms with van der Waals surface area (Å²) in [6.45, 7) is 6.16. The topological polar surface area (TPSA) is 42.2 Å². The normalized spacial score (nSPS) is 13.2. The third kappa shape index (κ3) is 2.98. The number of nitrogens with zero attached hydrogens (tertiary/aromatic N) is 1. The second-order valence-electron chi connectivity index (χ2n) is 6.19. The Hall–Kier alpha value is -2.81. The number of carboxylic acid groups (broad SMARTS) is 1. The van der Waals surface area contributed by atoms with Gasteiger partial charge in [-0.2, -0.15) is 0 Å². The van der Waals surface area contributed by atoms with Gasteiger partial charge in [-0.05, 0) is 61.2 Å². The van der Waals surface area contributed by atoms with Crippen LogP contribution in [-0.4, -0.2) is 15.6 Å². The van der Waals surface area contributed by atoms with E-state index in [-0.39, 0.29) is 6.04 Å². The van der Waals surface area contributed by atoms with Gasteiger partial charge in [-0.3, -0.25) is 0 Å². The maximum Gasteiger partial charge on any atom is 0.328 e. The fourth-order valence-corrected chi connectivity index (χ4v) is 3.22. The van der Waals surface area contributed by atoms with Crippen LogP contribution in [0.4, 0.5) is 0 Å². The molecule has 24 heavy (non-hydrogen) atoms. The van der Waals surface area contributed by atoms with E-state index in [4.69, 9.17) is 5.11 Å². The summed E-state index contributed by atoms with van der Waals surface area (Å²) in [5.74, 6) is -0.918. The number of aliphatic carboxylic acids is 1. The van der Waals surface area contributed by atoms with Crippen molar-refractivity contribution in [2.45, 2.75) is 26.8 Å². The average molecular weight is 319 g/mol. The molecular formula is C21H21NO2. The maximum absolute atomic E-state index is 10.8. The summed E-state index contributed by atoms with van der Waals surface area (Å²) in [6, 6.07) is 16.9. The minimum Gasteiger partial charge on any atom is -0.478 e. The molecule has 1 atom stereocenters. The third-order valence-corrected chi connectivity index (χ3v) is 4.57. The monoisotopic (exact) mass is 319 g/mol. The summed E-state index contributed by atoms with van der Waals surface area (Å²) in [5, 5.41) is 10.0. The van der Waals surface area contributed by atoms with Gasteiger partial charge in [-0.1, -0.05) is 30.3 Å². The number of carboxylic acids is 1. The van der Waals surface area contributed by atoms with E-state index in [2.05, 4.69) is 61.0 Å². The van der Waals surface area contributed by atoms with Crippen molar-refractivity contribution in [1.29, 1.82) is 0 Å². The van der Waals surface area contributed by atoms with Crippen LogP contribution in [0.15, 0.2) is 60.8 Å². The highest BCUT2D eigenvalue weighted by Crippen LogP contribution is 2.28. The van der Waals surface area contributed by atoms with Crippen molar-refractivity contribution in [2.75, 3.05) is 0 Å². The van der Waals surface area contributed by atoms with Gasteiger partial charge < -0.3 is 9.67 Å². The van der Waals surface area contributed by atoms with Crippen LogP contribution >= 0.6 is 0 Å². The molecule has 3 nitrogen and oxygen atoms in total. The molecule has 3 rings (SSSR count). The third-order valence-electron chi connectivity index (χ3n) is 4.57. The zero-order valence-corrected chi connectivity index (χ0v) is 14.2. The smallest absolute Gasteiger partial charge is 0.328 e. The molecule has 0 aliphatic rings. The van der Waals surface area contributed by atoms with Crippen molar-refractivity contribution < 1.29 is 9.90 Å². The van der Waals surface area contributed by atoms with Gasteiger partial charge in [-0.15, -0.1) is 0 Å². The second-order valence-corrected chi connectivity index (χ2v) is 6.19. The number of fused-ring (bicyclic) bond motifs is 1. The van der Waals surface area contributed by atoms with Gasteiger partial charge in [0.05, 0.1) is 6.04 Å². The number of carbonyl (C=O) groups is 1. The van der Waals surface area contributed by atoms with Crippen molar-refractivity contribution in [2.24, 2.45) is 0 Å². The molecule has 0 spiro atoms. The van der Waals surface area contributed by atoms with E-state index in [0.29, 0.717) is 0 Å². The molecule has 1 unspecified atom stereocenters. The Morgan fingerprint density at radius 2 is 1.92 bits per heavy atom. The first kappa shape index (κ1) is 16.1. The summed E-state index contributed by atoms with van der Waals surface area (Å²) in [5.41, 5.74) is 5.43. The molecule has 1 heterocycles. The van der Waals surface area contributed by atoms with Crippen LogP contribution in [0.5, 0.6) is 0 Å². The first-order valence-electron chi connectivity index (χ1n) is 8.05. The summed E-state index contributed by atoms with van der Waals surface area (Å²) < 4.78 is 2.26. The number of rotatable bonds is 4. The van der Waals surface area contributed by atoms with Crippen molar-refractivity contribution in [3.8, 4) is 0 Å². The van der Waals surface area contributed by atoms with Crippen LogP contribution in [0.1, 0.15) is 36.6 Å². The Bertz CT molecular complexity index is 934. The average Bonchev–Trinajstić information content (AvgIpc) is 2.97. The van der Waals surface area contributed by atoms with E-state index in [9.17, 15) is 4.79 Å². The SMILES string of the molecule is C/C(=C\C(=O)O)c1ccc2c(ccn2C(C)c2ccccc2C)c1. The first-order chi connectivity index (χ1) is 11.5. The number of allylic oxidation sites excluding steroid dienone is 1. The Morgan fingerprint density at radius 1 is 1.17 bits per heavy atom. The van der Waals surface area contributed by atoms with Crippen LogP contribution in [0.2, 0.25) is 0 Å². The summed E-state index contributed by atoms with van der Waals surface area (Å²) in [4.78, 5) is 10.8. The van der Waals surface area contributed by atoms with Crippen molar-refractivity contribution >= 4 is 22.4 Å². The van der Waals surface area contributed by atoms with Gasteiger partial charge in [-0.25, -0.2) is 4.79 Å². The molecule has 122 valence electrons. The Balaban J connectivity index is 2.03. The molecule has 0 saturated heterocycles. The predicted molar refractivity (Wildman–Crippen MR) is 98.2 cm³/mol. The quantitative estimate of drug-likeness (QED) is 0.684. The second kappa shape index (κ2) is 6.36. The van der Waals surface area contributed by atoms with E-state index >= 15 is 0 Å². The molecule has 3 aromatic rings. The van der Waals surface area contributed by atoms with E-state index < -0.39 is 5.97 Å². The lowest BCUT2D eigenvalue weighted by Crippen LogP contribution is -2.06. The van der Waals surface area contributed by atoms with Crippen LogP contribution in [0.25, 0.3) is 16.5 Å². The maximum atomic E-state index is 10.8. The number of hydrogen-bond acceptors (Lipinski definition) is 1. The summed E-state index contributed by atoms with van der Waals surface area (Å²) in [6.07, 6.45) is 3.34. The lowest BCUT2D eigenvalue weighted by Gasteiger charge is -2.18. The molecule has 1 aromatic heterocycles. The largest absolute Gasteiger partial charge is 0.478 e. The fraction of sp³-hybridized carbons (Fsp3) is 0.190. The molecule has 2 aromatic carbocycles. The van der Waals surface area contributed by atoms with Crippen molar-refractivity contribution in [3.63, 3.8) is 0 Å². The molecule has 0 aliphatic carbocycles. The predicted octanol–water partition coefficient (Wildman–Crippen LogP) is 5.05. The van der Waals surface area contributed by atoms with Gasteiger partial charge in [0.1, 0.15) is 0 Å². The number of aryl methyl sites for hydroxylation is 1. The zero-order chi connectivity index (χ0) is 17.3. The Labute approximate surface area is 141 Å². The molecule has 1 N–H and O–H groups in total. The molecule has 0 bridgehead atoms. The highest BCUT2D eigenvalue weighted by atomic mass is 16.4. The van der Waals surface area contributed by atoms with Gasteiger partial charge in [0, 0.05) is 23.2 Å². The summed E-state index contributed by atoms with van der Waals surface area (Å²) in [7, 11) is 0. The van der Waals surface area contributed by atoms with Crippen LogP contribution in [0, 0.1) is 6.92 Å². The molecule has 3 heteroatoms. The molecule has 0 saturated carbocycles. The van der Waals surface area contributed by atoms with Crippen LogP contribution < -0.4 is 0 Å². The minimum atomic E-state index is -0.918. The van der Waals surface area contributed by atoms with Gasteiger partial charge in [0.2, 0.25) is 0 Å². The van der Waals surface area contributed by atoms with Gasteiger partial charge in [0.15, 0.2) is 0 Å². The van der Waals surface area contributed by atoms with E-state index in [1.807, 2.05) is 19.1 Å². The number of benzene rings is 2. The van der Waals surface area contributed by atoms with E-state index in [0.717, 1.165) is 22.0 Å². The van der Waals surface area contributed by atoms with Crippen LogP contribution in [0.3, 0.4) is 0 Å². The molecule has 0 aliphatic heterocycles. The Kier molecular flexibility index (Phi) is 4.26. The number of hydrogen-bond donors (Lipinski definition) is 1. The highest BCUT2D eigenvalue weighted by Gasteiger charge is 2.13. The van der Waals surface area contributed by atoms with E-state index in [1.54, 1.807) is 0 Å². The molecule has 0 radical (unpaired) electrons. The summed E-state index contributed by atoms with van der Waals surface area (Å²) >= 11 is 0. The Morgan fingerprint density at radius 3 is 2.62 bits per heavy atom. The van der Waals surface area contributed by atoms with Gasteiger partial charge >= 0.3 is 5.97 Å². The molecular weight excluding hydrogens is 298 g/mol. The standard InChI is InChI=1S/C21H21NO2/c1-14-6-4-5-7-19(14)16(3)22-11-10-18-13-17(8-9-20(18)22)15(2)12-21(23)24/h4-13,16H,1-3H3,(H,23,24)/b15-12+. The first-order valence-corrected chi connectivity index (χ1v) is 8.05. The van der Waals surface area contributed by atoms with E-state index in [1.165, 1.54) is 17.2 Å². The zero-order valence-electron chi connectivity index (χ0n) is 14.2. The molecule has 0 amide bonds. The lowest BCUT2D eigenvalue weighted by atomic mass is 10.0. The lowest BCUT2D eigenvalue weighted by molar-refractivity contribution is -0.131. The van der Waals surface area contributed by atoms with Crippen molar-refractivity contribution in [3.05, 3.63) is 77.5 Å². The van der Waals surface area contributed by atoms with Crippen LogP contribution in [-0.2, 0) is 4.79 Å². The molecule has 0 fully saturated rings. The highest BCUT2D eigenvalue weighted by molar-refractivity contribution is 5.92. The van der Waals surface area contributed by atoms with Crippen molar-refractivity contribution in [1.82, 2.24) is 4.57 Å².